The van der Waals surface area contributed by atoms with E-state index in [1.54, 1.807) is 30.5 Å². The molecule has 118 valence electrons. The Morgan fingerprint density at radius 2 is 2.00 bits per heavy atom. The average Bonchev–Trinajstić information content (AvgIpc) is 3.40. The van der Waals surface area contributed by atoms with E-state index in [1.807, 2.05) is 0 Å². The van der Waals surface area contributed by atoms with Gasteiger partial charge in [0.2, 0.25) is 11.8 Å². The third-order valence-corrected chi connectivity index (χ3v) is 3.43. The van der Waals surface area contributed by atoms with Crippen LogP contribution in [0.1, 0.15) is 23.2 Å². The van der Waals surface area contributed by atoms with Crippen molar-refractivity contribution in [3.05, 3.63) is 42.2 Å². The minimum Gasteiger partial charge on any atom is -0.480 e. The van der Waals surface area contributed by atoms with Gasteiger partial charge in [-0.05, 0) is 37.1 Å². The van der Waals surface area contributed by atoms with Gasteiger partial charge in [0.25, 0.3) is 5.91 Å². The number of hydrogen-bond donors (Lipinski definition) is 2. The van der Waals surface area contributed by atoms with Crippen LogP contribution in [-0.4, -0.2) is 28.9 Å². The van der Waals surface area contributed by atoms with E-state index < -0.39 is 0 Å². The van der Waals surface area contributed by atoms with E-state index in [-0.39, 0.29) is 17.7 Å². The topological polar surface area (TPSA) is 93.2 Å². The van der Waals surface area contributed by atoms with Crippen LogP contribution in [0.4, 0.5) is 11.5 Å². The van der Waals surface area contributed by atoms with Crippen LogP contribution in [0.3, 0.4) is 0 Å². The lowest BCUT2D eigenvalue weighted by molar-refractivity contribution is -0.117. The first-order valence-corrected chi connectivity index (χ1v) is 7.24. The standard InChI is InChI=1S/C16H16N4O3/c1-23-16-12(3-2-7-18-16)19-15(22)11-6-8-17-13(9-11)20-14(21)10-4-5-10/h2-3,6-10H,4-5H2,1H3,(H,19,22)(H,17,20,21). The van der Waals surface area contributed by atoms with Crippen molar-refractivity contribution in [1.29, 1.82) is 0 Å². The van der Waals surface area contributed by atoms with Crippen molar-refractivity contribution in [1.82, 2.24) is 9.97 Å². The third kappa shape index (κ3) is 3.63. The molecule has 0 unspecified atom stereocenters. The maximum absolute atomic E-state index is 12.3. The van der Waals surface area contributed by atoms with Gasteiger partial charge in [0.1, 0.15) is 11.5 Å². The van der Waals surface area contributed by atoms with Crippen LogP contribution < -0.4 is 15.4 Å². The van der Waals surface area contributed by atoms with Crippen molar-refractivity contribution in [2.24, 2.45) is 5.92 Å². The maximum Gasteiger partial charge on any atom is 0.255 e. The molecule has 2 amide bonds. The van der Waals surface area contributed by atoms with E-state index >= 15 is 0 Å². The van der Waals surface area contributed by atoms with Gasteiger partial charge < -0.3 is 15.4 Å². The Balaban J connectivity index is 1.73. The summed E-state index contributed by atoms with van der Waals surface area (Å²) in [6.07, 6.45) is 4.88. The van der Waals surface area contributed by atoms with Crippen molar-refractivity contribution in [2.75, 3.05) is 17.7 Å². The van der Waals surface area contributed by atoms with Gasteiger partial charge in [-0.1, -0.05) is 0 Å². The molecule has 2 aromatic rings. The van der Waals surface area contributed by atoms with Crippen molar-refractivity contribution in [3.8, 4) is 5.88 Å². The molecule has 0 aliphatic heterocycles. The molecule has 1 saturated carbocycles. The predicted octanol–water partition coefficient (Wildman–Crippen LogP) is 2.09. The number of nitrogens with zero attached hydrogens (tertiary/aromatic N) is 2. The maximum atomic E-state index is 12.3. The zero-order chi connectivity index (χ0) is 16.2. The van der Waals surface area contributed by atoms with Crippen molar-refractivity contribution < 1.29 is 14.3 Å². The highest BCUT2D eigenvalue weighted by Gasteiger charge is 2.29. The molecule has 7 nitrogen and oxygen atoms in total. The molecule has 0 spiro atoms. The zero-order valence-electron chi connectivity index (χ0n) is 12.6. The number of nitrogens with one attached hydrogen (secondary N) is 2. The molecule has 1 aliphatic rings. The lowest BCUT2D eigenvalue weighted by atomic mass is 10.2. The highest BCUT2D eigenvalue weighted by molar-refractivity contribution is 6.05. The van der Waals surface area contributed by atoms with Gasteiger partial charge >= 0.3 is 0 Å². The summed E-state index contributed by atoms with van der Waals surface area (Å²) in [6, 6.07) is 6.51. The second-order valence-electron chi connectivity index (χ2n) is 5.21. The number of methoxy groups -OCH3 is 1. The lowest BCUT2D eigenvalue weighted by Crippen LogP contribution is -2.16. The molecule has 3 rings (SSSR count). The number of rotatable bonds is 5. The highest BCUT2D eigenvalue weighted by atomic mass is 16.5. The van der Waals surface area contributed by atoms with E-state index in [0.29, 0.717) is 22.9 Å². The summed E-state index contributed by atoms with van der Waals surface area (Å²) < 4.78 is 5.10. The van der Waals surface area contributed by atoms with Crippen LogP contribution in [0.15, 0.2) is 36.7 Å². The summed E-state index contributed by atoms with van der Waals surface area (Å²) in [5.74, 6) is 0.392. The van der Waals surface area contributed by atoms with Crippen molar-refractivity contribution in [2.45, 2.75) is 12.8 Å². The number of anilines is 2. The van der Waals surface area contributed by atoms with Gasteiger partial charge in [-0.2, -0.15) is 0 Å². The second-order valence-corrected chi connectivity index (χ2v) is 5.21. The van der Waals surface area contributed by atoms with E-state index in [0.717, 1.165) is 12.8 Å². The van der Waals surface area contributed by atoms with E-state index in [1.165, 1.54) is 13.3 Å². The van der Waals surface area contributed by atoms with E-state index in [2.05, 4.69) is 20.6 Å². The average molecular weight is 312 g/mol. The molecule has 23 heavy (non-hydrogen) atoms. The Bertz CT molecular complexity index is 744. The van der Waals surface area contributed by atoms with Crippen LogP contribution in [0.5, 0.6) is 5.88 Å². The summed E-state index contributed by atoms with van der Waals surface area (Å²) in [7, 11) is 1.48. The fourth-order valence-electron chi connectivity index (χ4n) is 2.06. The predicted molar refractivity (Wildman–Crippen MR) is 84.3 cm³/mol. The molecule has 7 heteroatoms. The SMILES string of the molecule is COc1ncccc1NC(=O)c1ccnc(NC(=O)C2CC2)c1. The van der Waals surface area contributed by atoms with Crippen molar-refractivity contribution >= 4 is 23.3 Å². The second kappa shape index (κ2) is 6.43. The largest absolute Gasteiger partial charge is 0.480 e. The Morgan fingerprint density at radius 3 is 2.74 bits per heavy atom. The van der Waals surface area contributed by atoms with Gasteiger partial charge in [-0.15, -0.1) is 0 Å². The Hall–Kier alpha value is -2.96. The van der Waals surface area contributed by atoms with Crippen LogP contribution in [0, 0.1) is 5.92 Å². The molecule has 2 heterocycles. The first-order chi connectivity index (χ1) is 11.2. The molecule has 0 radical (unpaired) electrons. The van der Waals surface area contributed by atoms with Gasteiger partial charge in [0, 0.05) is 23.9 Å². The summed E-state index contributed by atoms with van der Waals surface area (Å²) >= 11 is 0. The smallest absolute Gasteiger partial charge is 0.255 e. The van der Waals surface area contributed by atoms with Crippen LogP contribution in [-0.2, 0) is 4.79 Å². The fraction of sp³-hybridized carbons (Fsp3) is 0.250. The van der Waals surface area contributed by atoms with E-state index in [4.69, 9.17) is 4.74 Å². The van der Waals surface area contributed by atoms with Crippen LogP contribution >= 0.6 is 0 Å². The first kappa shape index (κ1) is 15.0. The van der Waals surface area contributed by atoms with Crippen LogP contribution in [0.2, 0.25) is 0 Å². The Kier molecular flexibility index (Phi) is 4.18. The van der Waals surface area contributed by atoms with E-state index in [9.17, 15) is 9.59 Å². The normalized spacial score (nSPS) is 13.3. The van der Waals surface area contributed by atoms with Crippen molar-refractivity contribution in [3.63, 3.8) is 0 Å². The number of pyridine rings is 2. The quantitative estimate of drug-likeness (QED) is 0.881. The Morgan fingerprint density at radius 1 is 1.17 bits per heavy atom. The number of ether oxygens (including phenoxy) is 1. The summed E-state index contributed by atoms with van der Waals surface area (Å²) in [4.78, 5) is 32.2. The monoisotopic (exact) mass is 312 g/mol. The van der Waals surface area contributed by atoms with Crippen LogP contribution in [0.25, 0.3) is 0 Å². The summed E-state index contributed by atoms with van der Waals surface area (Å²) in [5.41, 5.74) is 0.859. The molecule has 0 bridgehead atoms. The minimum absolute atomic E-state index is 0.0519. The molecule has 1 aliphatic carbocycles. The summed E-state index contributed by atoms with van der Waals surface area (Å²) in [6.45, 7) is 0. The number of aromatic nitrogens is 2. The zero-order valence-corrected chi connectivity index (χ0v) is 12.6. The van der Waals surface area contributed by atoms with Gasteiger partial charge in [0.15, 0.2) is 0 Å². The van der Waals surface area contributed by atoms with Gasteiger partial charge in [0.05, 0.1) is 7.11 Å². The molecule has 0 aromatic carbocycles. The summed E-state index contributed by atoms with van der Waals surface area (Å²) in [5, 5.41) is 5.44. The number of carbonyl (C=O) groups excluding carboxylic acids is 2. The molecule has 2 aromatic heterocycles. The number of amides is 2. The number of hydrogen-bond acceptors (Lipinski definition) is 5. The van der Waals surface area contributed by atoms with Gasteiger partial charge in [-0.3, -0.25) is 9.59 Å². The molecule has 1 fully saturated rings. The molecular weight excluding hydrogens is 296 g/mol. The molecule has 0 atom stereocenters. The fourth-order valence-corrected chi connectivity index (χ4v) is 2.06. The first-order valence-electron chi connectivity index (χ1n) is 7.24. The minimum atomic E-state index is -0.333. The Labute approximate surface area is 133 Å². The highest BCUT2D eigenvalue weighted by Crippen LogP contribution is 2.30. The molecule has 0 saturated heterocycles. The molecule has 2 N–H and O–H groups in total. The third-order valence-electron chi connectivity index (χ3n) is 3.43. The number of carbonyl (C=O) groups is 2. The lowest BCUT2D eigenvalue weighted by Gasteiger charge is -2.09. The van der Waals surface area contributed by atoms with Gasteiger partial charge in [-0.25, -0.2) is 9.97 Å². The molecular formula is C16H16N4O3.